The minimum absolute atomic E-state index is 0.0333. The van der Waals surface area contributed by atoms with Gasteiger partial charge in [0.05, 0.1) is 18.6 Å². The summed E-state index contributed by atoms with van der Waals surface area (Å²) in [7, 11) is 0. The third-order valence-electron chi connectivity index (χ3n) is 7.10. The van der Waals surface area contributed by atoms with Gasteiger partial charge >= 0.3 is 6.18 Å². The molecule has 24 heavy (non-hydrogen) atoms. The summed E-state index contributed by atoms with van der Waals surface area (Å²) in [5, 5.41) is 0. The van der Waals surface area contributed by atoms with E-state index in [-0.39, 0.29) is 36.7 Å². The molecule has 0 N–H and O–H groups in total. The van der Waals surface area contributed by atoms with E-state index in [0.717, 1.165) is 19.3 Å². The molecule has 5 heteroatoms. The highest BCUT2D eigenvalue weighted by atomic mass is 19.4. The second-order valence-electron chi connectivity index (χ2n) is 8.20. The van der Waals surface area contributed by atoms with Crippen LogP contribution in [0.3, 0.4) is 0 Å². The predicted molar refractivity (Wildman–Crippen MR) is 87.6 cm³/mol. The van der Waals surface area contributed by atoms with Crippen LogP contribution in [0, 0.1) is 28.6 Å². The Labute approximate surface area is 143 Å². The monoisotopic (exact) mass is 348 g/mol. The molecular formula is C19H31F3O2. The van der Waals surface area contributed by atoms with Crippen molar-refractivity contribution in [2.45, 2.75) is 72.4 Å². The zero-order chi connectivity index (χ0) is 18.2. The molecule has 0 heterocycles. The topological polar surface area (TPSA) is 26.3 Å². The van der Waals surface area contributed by atoms with Gasteiger partial charge in [0.1, 0.15) is 5.78 Å². The van der Waals surface area contributed by atoms with E-state index < -0.39 is 11.6 Å². The number of fused-ring (bicyclic) bond motifs is 1. The van der Waals surface area contributed by atoms with E-state index in [1.54, 1.807) is 13.8 Å². The van der Waals surface area contributed by atoms with Crippen LogP contribution in [0.1, 0.15) is 66.2 Å². The Morgan fingerprint density at radius 1 is 1.25 bits per heavy atom. The van der Waals surface area contributed by atoms with Crippen molar-refractivity contribution in [3.8, 4) is 0 Å². The number of ketones is 1. The zero-order valence-corrected chi connectivity index (χ0v) is 15.3. The van der Waals surface area contributed by atoms with Crippen molar-refractivity contribution in [3.05, 3.63) is 0 Å². The first-order valence-electron chi connectivity index (χ1n) is 9.28. The number of hydrogen-bond donors (Lipinski definition) is 0. The van der Waals surface area contributed by atoms with Gasteiger partial charge in [-0.2, -0.15) is 13.2 Å². The summed E-state index contributed by atoms with van der Waals surface area (Å²) >= 11 is 0. The number of carbonyl (C=O) groups is 1. The van der Waals surface area contributed by atoms with Gasteiger partial charge in [0.15, 0.2) is 0 Å². The van der Waals surface area contributed by atoms with Crippen LogP contribution < -0.4 is 0 Å². The summed E-state index contributed by atoms with van der Waals surface area (Å²) in [6, 6.07) is 0. The van der Waals surface area contributed by atoms with Crippen molar-refractivity contribution < 1.29 is 22.7 Å². The van der Waals surface area contributed by atoms with Crippen molar-refractivity contribution in [1.29, 1.82) is 0 Å². The maximum absolute atomic E-state index is 13.4. The highest BCUT2D eigenvalue weighted by Crippen LogP contribution is 2.56. The zero-order valence-electron chi connectivity index (χ0n) is 15.3. The average molecular weight is 348 g/mol. The van der Waals surface area contributed by atoms with Gasteiger partial charge in [0, 0.05) is 12.3 Å². The quantitative estimate of drug-likeness (QED) is 0.642. The Morgan fingerprint density at radius 2 is 1.88 bits per heavy atom. The lowest BCUT2D eigenvalue weighted by Gasteiger charge is -2.41. The third-order valence-corrected chi connectivity index (χ3v) is 7.10. The largest absolute Gasteiger partial charge is 0.396 e. The van der Waals surface area contributed by atoms with E-state index >= 15 is 0 Å². The Bertz CT molecular complexity index is 456. The normalized spacial score (nSPS) is 34.5. The summed E-state index contributed by atoms with van der Waals surface area (Å²) in [5.41, 5.74) is -1.86. The molecule has 0 amide bonds. The minimum Gasteiger partial charge on any atom is -0.380 e. The number of carbonyl (C=O) groups excluding carboxylic acids is 1. The lowest BCUT2D eigenvalue weighted by molar-refractivity contribution is -0.244. The standard InChI is InChI=1S/C19H31F3O2/c1-5-18(6-2,19(20,21)22)12-24-11-15-13(3)10-14-16(23)8-7-9-17(14,15)4/h13-15H,5-12H2,1-4H3. The lowest BCUT2D eigenvalue weighted by Crippen LogP contribution is -2.43. The Kier molecular flexibility index (Phi) is 5.73. The number of alkyl halides is 3. The first-order chi connectivity index (χ1) is 11.1. The molecule has 0 saturated heterocycles. The smallest absolute Gasteiger partial charge is 0.380 e. The van der Waals surface area contributed by atoms with Gasteiger partial charge in [0.2, 0.25) is 0 Å². The fourth-order valence-corrected chi connectivity index (χ4v) is 5.06. The number of hydrogen-bond acceptors (Lipinski definition) is 2. The molecule has 0 bridgehead atoms. The second kappa shape index (κ2) is 6.97. The Morgan fingerprint density at radius 3 is 2.42 bits per heavy atom. The molecule has 4 unspecified atom stereocenters. The summed E-state index contributed by atoms with van der Waals surface area (Å²) in [6.07, 6.45) is -0.791. The first-order valence-corrected chi connectivity index (χ1v) is 9.28. The summed E-state index contributed by atoms with van der Waals surface area (Å²) in [6.45, 7) is 7.47. The van der Waals surface area contributed by atoms with Gasteiger partial charge in [-0.25, -0.2) is 0 Å². The van der Waals surface area contributed by atoms with Crippen molar-refractivity contribution in [2.75, 3.05) is 13.2 Å². The Balaban J connectivity index is 2.04. The van der Waals surface area contributed by atoms with E-state index in [9.17, 15) is 18.0 Å². The fourth-order valence-electron chi connectivity index (χ4n) is 5.06. The van der Waals surface area contributed by atoms with Crippen LogP contribution in [0.2, 0.25) is 0 Å². The fraction of sp³-hybridized carbons (Fsp3) is 0.947. The van der Waals surface area contributed by atoms with Gasteiger partial charge in [-0.1, -0.05) is 27.7 Å². The highest BCUT2D eigenvalue weighted by molar-refractivity contribution is 5.83. The number of halogens is 3. The van der Waals surface area contributed by atoms with Gasteiger partial charge in [-0.05, 0) is 49.4 Å². The molecule has 0 spiro atoms. The summed E-state index contributed by atoms with van der Waals surface area (Å²) in [5.74, 6) is 0.904. The molecule has 0 aromatic rings. The molecule has 2 aliphatic rings. The van der Waals surface area contributed by atoms with Crippen LogP contribution in [0.4, 0.5) is 13.2 Å². The van der Waals surface area contributed by atoms with Crippen LogP contribution in [0.5, 0.6) is 0 Å². The van der Waals surface area contributed by atoms with Gasteiger partial charge in [-0.15, -0.1) is 0 Å². The molecule has 2 aliphatic carbocycles. The first kappa shape index (κ1) is 19.7. The predicted octanol–water partition coefficient (Wildman–Crippen LogP) is 5.40. The van der Waals surface area contributed by atoms with Crippen LogP contribution in [-0.4, -0.2) is 25.2 Å². The lowest BCUT2D eigenvalue weighted by atomic mass is 9.65. The van der Waals surface area contributed by atoms with Crippen LogP contribution in [0.15, 0.2) is 0 Å². The number of rotatable bonds is 6. The molecule has 2 rings (SSSR count). The van der Waals surface area contributed by atoms with Crippen molar-refractivity contribution in [2.24, 2.45) is 28.6 Å². The molecule has 0 aromatic heterocycles. The van der Waals surface area contributed by atoms with Crippen molar-refractivity contribution in [3.63, 3.8) is 0 Å². The summed E-state index contributed by atoms with van der Waals surface area (Å²) < 4.78 is 46.0. The van der Waals surface area contributed by atoms with Crippen LogP contribution in [-0.2, 0) is 9.53 Å². The molecule has 0 aliphatic heterocycles. The van der Waals surface area contributed by atoms with Gasteiger partial charge in [0.25, 0.3) is 0 Å². The second-order valence-corrected chi connectivity index (χ2v) is 8.20. The molecule has 0 radical (unpaired) electrons. The van der Waals surface area contributed by atoms with E-state index in [0.29, 0.717) is 24.7 Å². The third kappa shape index (κ3) is 3.25. The average Bonchev–Trinajstić information content (AvgIpc) is 2.75. The molecule has 2 saturated carbocycles. The molecular weight excluding hydrogens is 317 g/mol. The minimum atomic E-state index is -4.25. The molecule has 2 fully saturated rings. The van der Waals surface area contributed by atoms with Gasteiger partial charge < -0.3 is 4.74 Å². The molecule has 4 atom stereocenters. The van der Waals surface area contributed by atoms with E-state index in [2.05, 4.69) is 13.8 Å². The number of Topliss-reactive ketones (excluding diaryl/α,β-unsaturated/α-hetero) is 1. The van der Waals surface area contributed by atoms with E-state index in [4.69, 9.17) is 4.74 Å². The highest BCUT2D eigenvalue weighted by Gasteiger charge is 2.55. The van der Waals surface area contributed by atoms with Crippen LogP contribution in [0.25, 0.3) is 0 Å². The molecule has 0 aromatic carbocycles. The van der Waals surface area contributed by atoms with Crippen molar-refractivity contribution in [1.82, 2.24) is 0 Å². The number of ether oxygens (including phenoxy) is 1. The maximum atomic E-state index is 13.4. The maximum Gasteiger partial charge on any atom is 0.396 e. The molecule has 140 valence electrons. The van der Waals surface area contributed by atoms with Crippen LogP contribution >= 0.6 is 0 Å². The van der Waals surface area contributed by atoms with Gasteiger partial charge in [-0.3, -0.25) is 4.79 Å². The van der Waals surface area contributed by atoms with E-state index in [1.165, 1.54) is 0 Å². The SMILES string of the molecule is CCC(CC)(COCC1C(C)CC2C(=O)CCCC21C)C(F)(F)F. The van der Waals surface area contributed by atoms with E-state index in [1.807, 2.05) is 0 Å². The molecule has 2 nitrogen and oxygen atoms in total. The summed E-state index contributed by atoms with van der Waals surface area (Å²) in [4.78, 5) is 12.2. The van der Waals surface area contributed by atoms with Crippen molar-refractivity contribution >= 4 is 5.78 Å². The Hall–Kier alpha value is -0.580.